The smallest absolute Gasteiger partial charge is 0.255 e. The molecule has 0 aliphatic carbocycles. The molecular formula is C27H33N5O4. The van der Waals surface area contributed by atoms with E-state index < -0.39 is 11.9 Å². The molecule has 3 amide bonds. The molecule has 2 aromatic rings. The van der Waals surface area contributed by atoms with Gasteiger partial charge in [-0.25, -0.2) is 5.84 Å². The van der Waals surface area contributed by atoms with Gasteiger partial charge >= 0.3 is 0 Å². The maximum Gasteiger partial charge on any atom is 0.255 e. The number of nitrogens with two attached hydrogens (primary N) is 2. The number of rotatable bonds is 7. The highest BCUT2D eigenvalue weighted by molar-refractivity contribution is 6.05. The number of amides is 3. The molecule has 0 bridgehead atoms. The van der Waals surface area contributed by atoms with Gasteiger partial charge in [-0.1, -0.05) is 51.1 Å². The van der Waals surface area contributed by atoms with Crippen LogP contribution >= 0.6 is 0 Å². The number of allylic oxidation sites excluding steroid dienone is 1. The van der Waals surface area contributed by atoms with Crippen molar-refractivity contribution in [2.75, 3.05) is 0 Å². The average molecular weight is 492 g/mol. The van der Waals surface area contributed by atoms with E-state index >= 15 is 0 Å². The van der Waals surface area contributed by atoms with Gasteiger partial charge in [0.15, 0.2) is 0 Å². The minimum absolute atomic E-state index is 0.153. The Balaban J connectivity index is 1.39. The summed E-state index contributed by atoms with van der Waals surface area (Å²) in [7, 11) is 0. The fourth-order valence-electron chi connectivity index (χ4n) is 4.22. The summed E-state index contributed by atoms with van der Waals surface area (Å²) in [5.74, 6) is 5.75. The number of nitrogens with zero attached hydrogens (tertiary/aromatic N) is 2. The average Bonchev–Trinajstić information content (AvgIpc) is 3.15. The minimum atomic E-state index is -0.654. The number of ether oxygens (including phenoxy) is 1. The van der Waals surface area contributed by atoms with E-state index in [1.807, 2.05) is 51.1 Å². The maximum absolute atomic E-state index is 13.0. The van der Waals surface area contributed by atoms with Crippen LogP contribution in [0, 0.1) is 5.41 Å². The highest BCUT2D eigenvalue weighted by Crippen LogP contribution is 2.34. The van der Waals surface area contributed by atoms with Crippen LogP contribution in [-0.4, -0.2) is 33.7 Å². The number of carbonyl (C=O) groups excluding carboxylic acids is 3. The summed E-state index contributed by atoms with van der Waals surface area (Å²) in [6, 6.07) is 12.6. The van der Waals surface area contributed by atoms with E-state index in [9.17, 15) is 14.4 Å². The number of carbonyl (C=O) groups is 3. The van der Waals surface area contributed by atoms with Crippen molar-refractivity contribution in [1.29, 1.82) is 0 Å². The summed E-state index contributed by atoms with van der Waals surface area (Å²) < 4.78 is 6.08. The topological polar surface area (TPSA) is 131 Å². The maximum atomic E-state index is 13.0. The second-order valence-corrected chi connectivity index (χ2v) is 10.3. The van der Waals surface area contributed by atoms with Gasteiger partial charge in [-0.05, 0) is 29.7 Å². The van der Waals surface area contributed by atoms with E-state index in [0.29, 0.717) is 36.6 Å². The Morgan fingerprint density at radius 2 is 1.83 bits per heavy atom. The van der Waals surface area contributed by atoms with Gasteiger partial charge in [0.25, 0.3) is 5.91 Å². The number of piperidine rings is 1. The van der Waals surface area contributed by atoms with Gasteiger partial charge in [-0.15, -0.1) is 0 Å². The number of hydrazine groups is 1. The molecule has 0 radical (unpaired) electrons. The van der Waals surface area contributed by atoms with Crippen molar-refractivity contribution in [1.82, 2.24) is 15.2 Å². The predicted octanol–water partition coefficient (Wildman–Crippen LogP) is 2.55. The molecular weight excluding hydrogens is 458 g/mol. The molecule has 1 fully saturated rings. The van der Waals surface area contributed by atoms with Crippen molar-refractivity contribution in [3.8, 4) is 5.75 Å². The van der Waals surface area contributed by atoms with Crippen molar-refractivity contribution in [3.05, 3.63) is 76.6 Å². The zero-order chi connectivity index (χ0) is 26.0. The van der Waals surface area contributed by atoms with E-state index in [2.05, 4.69) is 5.32 Å². The molecule has 5 N–H and O–H groups in total. The standard InChI is InChI=1S/C27H33N5O4/c1-27(2,3)23(28)15-31(29)13-17-7-9-18(10-8-17)16-36-22-6-4-5-19-20(22)14-32(26(19)35)21-11-12-24(33)30-25(21)34/h4-10,15,21H,11-14,16,28-29H2,1-3H3,(H,30,33,34)/b23-15-. The Hall–Kier alpha value is -3.85. The molecule has 1 atom stereocenters. The molecule has 0 aromatic heterocycles. The summed E-state index contributed by atoms with van der Waals surface area (Å²) in [5.41, 5.74) is 9.94. The van der Waals surface area contributed by atoms with Crippen molar-refractivity contribution < 1.29 is 19.1 Å². The lowest BCUT2D eigenvalue weighted by atomic mass is 9.93. The Bertz CT molecular complexity index is 1200. The molecule has 1 saturated heterocycles. The zero-order valence-electron chi connectivity index (χ0n) is 20.9. The van der Waals surface area contributed by atoms with Crippen LogP contribution in [0.25, 0.3) is 0 Å². The van der Waals surface area contributed by atoms with Crippen LogP contribution in [0.1, 0.15) is 60.7 Å². The largest absolute Gasteiger partial charge is 0.489 e. The molecule has 0 saturated carbocycles. The number of nitrogens with one attached hydrogen (secondary N) is 1. The van der Waals surface area contributed by atoms with Gasteiger partial charge in [0.05, 0.1) is 13.1 Å². The normalized spacial score (nSPS) is 18.2. The third-order valence-electron chi connectivity index (χ3n) is 6.49. The molecule has 2 aliphatic rings. The van der Waals surface area contributed by atoms with Crippen LogP contribution in [0.4, 0.5) is 0 Å². The number of hydrogen-bond donors (Lipinski definition) is 3. The SMILES string of the molecule is CC(C)(C)/C(N)=C/N(N)Cc1ccc(COc2cccc3c2CN(C2CCC(=O)NC2=O)C3=O)cc1. The van der Waals surface area contributed by atoms with Gasteiger partial charge in [-0.3, -0.25) is 19.7 Å². The summed E-state index contributed by atoms with van der Waals surface area (Å²) in [4.78, 5) is 38.3. The first-order valence-corrected chi connectivity index (χ1v) is 12.0. The van der Waals surface area contributed by atoms with Crippen LogP contribution in [0.15, 0.2) is 54.4 Å². The van der Waals surface area contributed by atoms with Gasteiger partial charge in [0.2, 0.25) is 11.8 Å². The molecule has 36 heavy (non-hydrogen) atoms. The van der Waals surface area contributed by atoms with E-state index in [4.69, 9.17) is 16.3 Å². The number of imide groups is 1. The van der Waals surface area contributed by atoms with Gasteiger partial charge in [0, 0.05) is 34.9 Å². The Morgan fingerprint density at radius 1 is 1.14 bits per heavy atom. The number of hydrogen-bond acceptors (Lipinski definition) is 7. The third-order valence-corrected chi connectivity index (χ3v) is 6.49. The molecule has 2 heterocycles. The zero-order valence-corrected chi connectivity index (χ0v) is 20.9. The summed E-state index contributed by atoms with van der Waals surface area (Å²) in [6.07, 6.45) is 2.30. The quantitative estimate of drug-likeness (QED) is 0.308. The monoisotopic (exact) mass is 491 g/mol. The first kappa shape index (κ1) is 25.2. The van der Waals surface area contributed by atoms with Crippen LogP contribution in [0.3, 0.4) is 0 Å². The Kier molecular flexibility index (Phi) is 7.03. The molecule has 9 heteroatoms. The second-order valence-electron chi connectivity index (χ2n) is 10.3. The second kappa shape index (κ2) is 10.0. The van der Waals surface area contributed by atoms with E-state index in [1.165, 1.54) is 4.90 Å². The summed E-state index contributed by atoms with van der Waals surface area (Å²) in [5, 5.41) is 3.90. The number of benzene rings is 2. The third kappa shape index (κ3) is 5.52. The van der Waals surface area contributed by atoms with Gasteiger partial charge in [0.1, 0.15) is 18.4 Å². The fourth-order valence-corrected chi connectivity index (χ4v) is 4.22. The minimum Gasteiger partial charge on any atom is -0.489 e. The van der Waals surface area contributed by atoms with Crippen molar-refractivity contribution in [3.63, 3.8) is 0 Å². The van der Waals surface area contributed by atoms with Crippen LogP contribution in [0.2, 0.25) is 0 Å². The van der Waals surface area contributed by atoms with Crippen LogP contribution < -0.4 is 21.6 Å². The lowest BCUT2D eigenvalue weighted by molar-refractivity contribution is -0.136. The molecule has 0 spiro atoms. The molecule has 2 aliphatic heterocycles. The molecule has 4 rings (SSSR count). The highest BCUT2D eigenvalue weighted by atomic mass is 16.5. The lowest BCUT2D eigenvalue weighted by Gasteiger charge is -2.29. The van der Waals surface area contributed by atoms with Crippen molar-refractivity contribution in [2.24, 2.45) is 17.0 Å². The Labute approximate surface area is 211 Å². The van der Waals surface area contributed by atoms with Crippen molar-refractivity contribution >= 4 is 17.7 Å². The lowest BCUT2D eigenvalue weighted by Crippen LogP contribution is -2.52. The molecule has 190 valence electrons. The van der Waals surface area contributed by atoms with E-state index in [1.54, 1.807) is 23.3 Å². The van der Waals surface area contributed by atoms with Crippen molar-refractivity contribution in [2.45, 2.75) is 59.4 Å². The summed E-state index contributed by atoms with van der Waals surface area (Å²) in [6.45, 7) is 7.21. The molecule has 1 unspecified atom stereocenters. The van der Waals surface area contributed by atoms with Gasteiger partial charge in [-0.2, -0.15) is 0 Å². The highest BCUT2D eigenvalue weighted by Gasteiger charge is 2.40. The van der Waals surface area contributed by atoms with Crippen LogP contribution in [0.5, 0.6) is 5.75 Å². The fraction of sp³-hybridized carbons (Fsp3) is 0.370. The predicted molar refractivity (Wildman–Crippen MR) is 135 cm³/mol. The summed E-state index contributed by atoms with van der Waals surface area (Å²) >= 11 is 0. The van der Waals surface area contributed by atoms with Gasteiger partial charge < -0.3 is 20.4 Å². The Morgan fingerprint density at radius 3 is 2.50 bits per heavy atom. The van der Waals surface area contributed by atoms with Crippen LogP contribution in [-0.2, 0) is 29.3 Å². The molecule has 2 aromatic carbocycles. The van der Waals surface area contributed by atoms with E-state index in [-0.39, 0.29) is 30.2 Å². The van der Waals surface area contributed by atoms with E-state index in [0.717, 1.165) is 16.7 Å². The first-order valence-electron chi connectivity index (χ1n) is 12.0. The molecule has 9 nitrogen and oxygen atoms in total. The number of fused-ring (bicyclic) bond motifs is 1. The first-order chi connectivity index (χ1) is 17.0.